The zero-order valence-electron chi connectivity index (χ0n) is 15.1. The van der Waals surface area contributed by atoms with E-state index in [9.17, 15) is 4.79 Å². The van der Waals surface area contributed by atoms with Crippen molar-refractivity contribution >= 4 is 5.97 Å². The topological polar surface area (TPSA) is 71.2 Å². The summed E-state index contributed by atoms with van der Waals surface area (Å²) < 4.78 is 2.01. The minimum Gasteiger partial charge on any atom is -0.481 e. The summed E-state index contributed by atoms with van der Waals surface area (Å²) in [5.41, 5.74) is 5.40. The average molecular weight is 362 g/mol. The van der Waals surface area contributed by atoms with Crippen LogP contribution in [0.3, 0.4) is 0 Å². The van der Waals surface area contributed by atoms with Gasteiger partial charge < -0.3 is 5.11 Å². The number of fused-ring (bicyclic) bond motifs is 1. The van der Waals surface area contributed by atoms with Gasteiger partial charge >= 0.3 is 5.97 Å². The molecule has 1 N–H and O–H groups in total. The third-order valence-electron chi connectivity index (χ3n) is 4.82. The van der Waals surface area contributed by atoms with Crippen LogP contribution in [0.15, 0.2) is 54.7 Å². The van der Waals surface area contributed by atoms with Crippen LogP contribution in [0.25, 0.3) is 11.3 Å². The Bertz CT molecular complexity index is 936. The fourth-order valence-electron chi connectivity index (χ4n) is 3.49. The number of aryl methyl sites for hydroxylation is 1. The second kappa shape index (κ2) is 7.72. The van der Waals surface area contributed by atoms with Crippen molar-refractivity contribution in [1.82, 2.24) is 19.7 Å². The number of hydrogen-bond acceptors (Lipinski definition) is 4. The summed E-state index contributed by atoms with van der Waals surface area (Å²) in [7, 11) is 0. The molecule has 6 heteroatoms. The van der Waals surface area contributed by atoms with Crippen LogP contribution in [0.4, 0.5) is 0 Å². The molecular weight excluding hydrogens is 340 g/mol. The van der Waals surface area contributed by atoms with E-state index < -0.39 is 5.97 Å². The summed E-state index contributed by atoms with van der Waals surface area (Å²) in [6.45, 7) is 3.47. The molecule has 1 aliphatic rings. The largest absolute Gasteiger partial charge is 0.481 e. The summed E-state index contributed by atoms with van der Waals surface area (Å²) in [5.74, 6) is -0.782. The van der Waals surface area contributed by atoms with Crippen molar-refractivity contribution in [2.45, 2.75) is 32.5 Å². The van der Waals surface area contributed by atoms with Gasteiger partial charge in [0.05, 0.1) is 30.0 Å². The molecule has 0 amide bonds. The van der Waals surface area contributed by atoms with Gasteiger partial charge in [0.15, 0.2) is 0 Å². The van der Waals surface area contributed by atoms with Gasteiger partial charge in [-0.25, -0.2) is 0 Å². The Morgan fingerprint density at radius 1 is 1.11 bits per heavy atom. The smallest absolute Gasteiger partial charge is 0.303 e. The van der Waals surface area contributed by atoms with Crippen molar-refractivity contribution in [2.24, 2.45) is 0 Å². The molecule has 0 saturated heterocycles. The van der Waals surface area contributed by atoms with Crippen LogP contribution in [0.1, 0.15) is 23.4 Å². The molecule has 0 fully saturated rings. The molecule has 6 nitrogen and oxygen atoms in total. The molecule has 0 spiro atoms. The molecule has 1 aliphatic heterocycles. The molecule has 0 unspecified atom stereocenters. The van der Waals surface area contributed by atoms with Gasteiger partial charge in [0, 0.05) is 37.8 Å². The number of hydrogen-bond donors (Lipinski definition) is 1. The first-order chi connectivity index (χ1) is 13.2. The Kier molecular flexibility index (Phi) is 4.98. The lowest BCUT2D eigenvalue weighted by Crippen LogP contribution is -2.33. The maximum absolute atomic E-state index is 10.8. The number of carboxylic acid groups (broad SMARTS) is 1. The van der Waals surface area contributed by atoms with Crippen molar-refractivity contribution < 1.29 is 9.90 Å². The number of carboxylic acids is 1. The second-order valence-corrected chi connectivity index (χ2v) is 6.87. The highest BCUT2D eigenvalue weighted by atomic mass is 16.4. The number of nitrogens with zero attached hydrogens (tertiary/aromatic N) is 4. The predicted molar refractivity (Wildman–Crippen MR) is 102 cm³/mol. The van der Waals surface area contributed by atoms with Gasteiger partial charge in [-0.05, 0) is 29.8 Å². The molecule has 3 heterocycles. The zero-order chi connectivity index (χ0) is 18.6. The number of aliphatic carboxylic acids is 1. The minimum atomic E-state index is -0.782. The summed E-state index contributed by atoms with van der Waals surface area (Å²) in [5, 5.41) is 13.4. The molecule has 0 radical (unpaired) electrons. The van der Waals surface area contributed by atoms with Gasteiger partial charge in [0.1, 0.15) is 0 Å². The highest BCUT2D eigenvalue weighted by molar-refractivity contribution is 5.67. The first-order valence-electron chi connectivity index (χ1n) is 9.17. The summed E-state index contributed by atoms with van der Waals surface area (Å²) >= 11 is 0. The lowest BCUT2D eigenvalue weighted by Gasteiger charge is -2.27. The SMILES string of the molecule is O=C(O)CCc1cc2n(n1)CCN(Cc1cccc(-c3ccccn3)c1)C2. The van der Waals surface area contributed by atoms with Crippen LogP contribution in [0.5, 0.6) is 0 Å². The minimum absolute atomic E-state index is 0.125. The number of benzene rings is 1. The van der Waals surface area contributed by atoms with E-state index in [1.54, 1.807) is 0 Å². The van der Waals surface area contributed by atoms with Crippen LogP contribution in [0.2, 0.25) is 0 Å². The van der Waals surface area contributed by atoms with E-state index in [4.69, 9.17) is 5.11 Å². The summed E-state index contributed by atoms with van der Waals surface area (Å²) in [6, 6.07) is 16.5. The van der Waals surface area contributed by atoms with Crippen LogP contribution in [0, 0.1) is 0 Å². The summed E-state index contributed by atoms with van der Waals surface area (Å²) in [6.07, 6.45) is 2.43. The fraction of sp³-hybridized carbons (Fsp3) is 0.286. The van der Waals surface area contributed by atoms with Crippen molar-refractivity contribution in [1.29, 1.82) is 0 Å². The predicted octanol–water partition coefficient (Wildman–Crippen LogP) is 2.98. The van der Waals surface area contributed by atoms with Gasteiger partial charge in [-0.3, -0.25) is 19.4 Å². The van der Waals surface area contributed by atoms with E-state index in [0.29, 0.717) is 6.42 Å². The Morgan fingerprint density at radius 2 is 2.04 bits per heavy atom. The quantitative estimate of drug-likeness (QED) is 0.730. The maximum atomic E-state index is 10.8. The Morgan fingerprint density at radius 3 is 2.85 bits per heavy atom. The van der Waals surface area contributed by atoms with Gasteiger partial charge in [0.25, 0.3) is 0 Å². The Balaban J connectivity index is 1.43. The van der Waals surface area contributed by atoms with E-state index in [2.05, 4.69) is 39.2 Å². The first kappa shape index (κ1) is 17.4. The van der Waals surface area contributed by atoms with Crippen LogP contribution in [-0.2, 0) is 30.8 Å². The third-order valence-corrected chi connectivity index (χ3v) is 4.82. The molecule has 3 aromatic rings. The van der Waals surface area contributed by atoms with Gasteiger partial charge in [-0.15, -0.1) is 0 Å². The number of aromatic nitrogens is 3. The molecule has 0 bridgehead atoms. The van der Waals surface area contributed by atoms with E-state index >= 15 is 0 Å². The van der Waals surface area contributed by atoms with Crippen molar-refractivity contribution in [2.75, 3.05) is 6.54 Å². The number of pyridine rings is 1. The van der Waals surface area contributed by atoms with E-state index in [0.717, 1.165) is 48.8 Å². The second-order valence-electron chi connectivity index (χ2n) is 6.87. The highest BCUT2D eigenvalue weighted by Crippen LogP contribution is 2.21. The fourth-order valence-corrected chi connectivity index (χ4v) is 3.49. The normalized spacial score (nSPS) is 14.1. The molecular formula is C21H22N4O2. The molecule has 2 aromatic heterocycles. The molecule has 4 rings (SSSR count). The monoisotopic (exact) mass is 362 g/mol. The summed E-state index contributed by atoms with van der Waals surface area (Å²) in [4.78, 5) is 17.6. The molecule has 1 aromatic carbocycles. The Labute approximate surface area is 158 Å². The number of rotatable bonds is 6. The van der Waals surface area contributed by atoms with Gasteiger partial charge in [-0.1, -0.05) is 24.3 Å². The first-order valence-corrected chi connectivity index (χ1v) is 9.17. The van der Waals surface area contributed by atoms with Crippen molar-refractivity contribution in [3.8, 4) is 11.3 Å². The number of carbonyl (C=O) groups is 1. The van der Waals surface area contributed by atoms with Crippen molar-refractivity contribution in [3.05, 3.63) is 71.7 Å². The molecule has 0 atom stereocenters. The third kappa shape index (κ3) is 4.23. The van der Waals surface area contributed by atoms with Crippen LogP contribution < -0.4 is 0 Å². The highest BCUT2D eigenvalue weighted by Gasteiger charge is 2.19. The molecule has 0 saturated carbocycles. The molecule has 138 valence electrons. The van der Waals surface area contributed by atoms with Gasteiger partial charge in [-0.2, -0.15) is 5.10 Å². The van der Waals surface area contributed by atoms with E-state index in [1.807, 2.05) is 35.1 Å². The van der Waals surface area contributed by atoms with Crippen LogP contribution in [-0.4, -0.2) is 37.3 Å². The van der Waals surface area contributed by atoms with Gasteiger partial charge in [0.2, 0.25) is 0 Å². The van der Waals surface area contributed by atoms with E-state index in [-0.39, 0.29) is 6.42 Å². The molecule has 0 aliphatic carbocycles. The lowest BCUT2D eigenvalue weighted by molar-refractivity contribution is -0.136. The average Bonchev–Trinajstić information content (AvgIpc) is 3.09. The lowest BCUT2D eigenvalue weighted by atomic mass is 10.1. The maximum Gasteiger partial charge on any atom is 0.303 e. The molecule has 27 heavy (non-hydrogen) atoms. The van der Waals surface area contributed by atoms with Crippen molar-refractivity contribution in [3.63, 3.8) is 0 Å². The Hall–Kier alpha value is -2.99. The van der Waals surface area contributed by atoms with E-state index in [1.165, 1.54) is 5.56 Å². The standard InChI is InChI=1S/C21H22N4O2/c26-21(27)8-7-18-13-19-15-24(10-11-25(19)23-18)14-16-4-3-5-17(12-16)20-6-1-2-9-22-20/h1-6,9,12-13H,7-8,10-11,14-15H2,(H,26,27). The van der Waals surface area contributed by atoms with Crippen LogP contribution >= 0.6 is 0 Å². The zero-order valence-corrected chi connectivity index (χ0v) is 15.1.